The summed E-state index contributed by atoms with van der Waals surface area (Å²) in [6, 6.07) is -0.614. The van der Waals surface area contributed by atoms with Gasteiger partial charge in [0.1, 0.15) is 17.9 Å². The van der Waals surface area contributed by atoms with Crippen LogP contribution in [-0.2, 0) is 14.3 Å². The quantitative estimate of drug-likeness (QED) is 0.740. The number of rotatable bonds is 3. The molecule has 0 radical (unpaired) electrons. The van der Waals surface area contributed by atoms with Gasteiger partial charge in [-0.15, -0.1) is 0 Å². The van der Waals surface area contributed by atoms with Gasteiger partial charge in [-0.3, -0.25) is 0 Å². The Morgan fingerprint density at radius 1 is 1.56 bits per heavy atom. The fourth-order valence-corrected chi connectivity index (χ4v) is 1.54. The van der Waals surface area contributed by atoms with Crippen molar-refractivity contribution < 1.29 is 19.1 Å². The molecule has 1 heterocycles. The van der Waals surface area contributed by atoms with Crippen molar-refractivity contribution in [3.8, 4) is 0 Å². The van der Waals surface area contributed by atoms with Crippen molar-refractivity contribution in [2.24, 2.45) is 0 Å². The first-order chi connectivity index (χ1) is 7.42. The van der Waals surface area contributed by atoms with Gasteiger partial charge in [-0.2, -0.15) is 0 Å². The van der Waals surface area contributed by atoms with Crippen LogP contribution in [0.15, 0.2) is 0 Å². The molecule has 0 aromatic heterocycles. The van der Waals surface area contributed by atoms with Crippen LogP contribution in [0.5, 0.6) is 0 Å². The van der Waals surface area contributed by atoms with E-state index in [2.05, 4.69) is 5.32 Å². The second-order valence-corrected chi connectivity index (χ2v) is 4.86. The van der Waals surface area contributed by atoms with Crippen LogP contribution in [-0.4, -0.2) is 36.7 Å². The number of ether oxygens (including phenoxy) is 2. The monoisotopic (exact) mass is 229 g/mol. The first kappa shape index (κ1) is 13.0. The standard InChI is InChI=1S/C11H19NO4/c1-11(2,3)16-10(14)12-8(7-13)9-5-4-6-15-9/h7-9H,4-6H2,1-3H3,(H,12,14). The van der Waals surface area contributed by atoms with E-state index >= 15 is 0 Å². The lowest BCUT2D eigenvalue weighted by atomic mass is 10.1. The molecule has 0 aromatic rings. The van der Waals surface area contributed by atoms with E-state index in [1.54, 1.807) is 20.8 Å². The first-order valence-electron chi connectivity index (χ1n) is 5.49. The van der Waals surface area contributed by atoms with Crippen molar-refractivity contribution in [1.29, 1.82) is 0 Å². The Morgan fingerprint density at radius 3 is 2.69 bits per heavy atom. The van der Waals surface area contributed by atoms with Crippen molar-refractivity contribution in [1.82, 2.24) is 5.32 Å². The smallest absolute Gasteiger partial charge is 0.408 e. The summed E-state index contributed by atoms with van der Waals surface area (Å²) in [7, 11) is 0. The normalized spacial score (nSPS) is 22.6. The Hall–Kier alpha value is -1.10. The molecule has 5 nitrogen and oxygen atoms in total. The Kier molecular flexibility index (Phi) is 4.29. The summed E-state index contributed by atoms with van der Waals surface area (Å²) < 4.78 is 10.4. The predicted molar refractivity (Wildman–Crippen MR) is 58.2 cm³/mol. The minimum absolute atomic E-state index is 0.218. The lowest BCUT2D eigenvalue weighted by molar-refractivity contribution is -0.112. The van der Waals surface area contributed by atoms with Crippen LogP contribution >= 0.6 is 0 Å². The highest BCUT2D eigenvalue weighted by Crippen LogP contribution is 2.15. The molecule has 16 heavy (non-hydrogen) atoms. The maximum atomic E-state index is 11.4. The fraction of sp³-hybridized carbons (Fsp3) is 0.818. The van der Waals surface area contributed by atoms with Crippen LogP contribution < -0.4 is 5.32 Å². The Labute approximate surface area is 95.5 Å². The molecule has 1 saturated heterocycles. The van der Waals surface area contributed by atoms with E-state index in [-0.39, 0.29) is 6.10 Å². The molecule has 2 unspecified atom stereocenters. The van der Waals surface area contributed by atoms with E-state index in [1.165, 1.54) is 0 Å². The highest BCUT2D eigenvalue weighted by Gasteiger charge is 2.28. The summed E-state index contributed by atoms with van der Waals surface area (Å²) in [4.78, 5) is 22.3. The predicted octanol–water partition coefficient (Wildman–Crippen LogP) is 1.26. The zero-order valence-corrected chi connectivity index (χ0v) is 9.99. The SMILES string of the molecule is CC(C)(C)OC(=O)NC(C=O)C1CCCO1. The van der Waals surface area contributed by atoms with Crippen molar-refractivity contribution >= 4 is 12.4 Å². The second kappa shape index (κ2) is 5.30. The molecule has 1 aliphatic heterocycles. The second-order valence-electron chi connectivity index (χ2n) is 4.86. The van der Waals surface area contributed by atoms with E-state index < -0.39 is 17.7 Å². The van der Waals surface area contributed by atoms with Crippen LogP contribution in [0.25, 0.3) is 0 Å². The number of nitrogens with one attached hydrogen (secondary N) is 1. The number of carbonyl (C=O) groups excluding carboxylic acids is 2. The topological polar surface area (TPSA) is 64.6 Å². The van der Waals surface area contributed by atoms with Gasteiger partial charge in [-0.05, 0) is 33.6 Å². The molecule has 1 amide bonds. The molecule has 0 spiro atoms. The van der Waals surface area contributed by atoms with E-state index in [4.69, 9.17) is 9.47 Å². The minimum atomic E-state index is -0.614. The van der Waals surface area contributed by atoms with Crippen LogP contribution in [0, 0.1) is 0 Å². The molecule has 1 fully saturated rings. The molecule has 1 rings (SSSR count). The Morgan fingerprint density at radius 2 is 2.25 bits per heavy atom. The van der Waals surface area contributed by atoms with Gasteiger partial charge in [0.25, 0.3) is 0 Å². The Bertz CT molecular complexity index is 253. The number of amides is 1. The molecule has 1 N–H and O–H groups in total. The van der Waals surface area contributed by atoms with Crippen LogP contribution in [0.4, 0.5) is 4.79 Å². The van der Waals surface area contributed by atoms with Crippen LogP contribution in [0.2, 0.25) is 0 Å². The lowest BCUT2D eigenvalue weighted by Gasteiger charge is -2.23. The zero-order valence-electron chi connectivity index (χ0n) is 9.99. The minimum Gasteiger partial charge on any atom is -0.444 e. The molecule has 0 aliphatic carbocycles. The summed E-state index contributed by atoms with van der Waals surface area (Å²) in [5.41, 5.74) is -0.561. The highest BCUT2D eigenvalue weighted by atomic mass is 16.6. The molecule has 1 aliphatic rings. The van der Waals surface area contributed by atoms with Gasteiger partial charge >= 0.3 is 6.09 Å². The number of hydrogen-bond acceptors (Lipinski definition) is 4. The van der Waals surface area contributed by atoms with Crippen molar-refractivity contribution in [3.63, 3.8) is 0 Å². The van der Waals surface area contributed by atoms with Crippen molar-refractivity contribution in [3.05, 3.63) is 0 Å². The largest absolute Gasteiger partial charge is 0.444 e. The molecule has 5 heteroatoms. The number of aldehydes is 1. The number of carbonyl (C=O) groups is 2. The summed E-state index contributed by atoms with van der Waals surface area (Å²) in [6.07, 6.45) is 1.61. The van der Waals surface area contributed by atoms with Crippen molar-refractivity contribution in [2.75, 3.05) is 6.61 Å². The van der Waals surface area contributed by atoms with Crippen LogP contribution in [0.1, 0.15) is 33.6 Å². The van der Waals surface area contributed by atoms with Gasteiger partial charge in [-0.1, -0.05) is 0 Å². The maximum Gasteiger partial charge on any atom is 0.408 e. The van der Waals surface area contributed by atoms with Gasteiger partial charge in [0.2, 0.25) is 0 Å². The zero-order chi connectivity index (χ0) is 12.2. The third kappa shape index (κ3) is 4.18. The summed E-state index contributed by atoms with van der Waals surface area (Å²) in [5, 5.41) is 2.51. The summed E-state index contributed by atoms with van der Waals surface area (Å²) in [6.45, 7) is 5.96. The number of alkyl carbamates (subject to hydrolysis) is 1. The molecular weight excluding hydrogens is 210 g/mol. The van der Waals surface area contributed by atoms with E-state index in [1.807, 2.05) is 0 Å². The van der Waals surface area contributed by atoms with Gasteiger partial charge in [0.15, 0.2) is 0 Å². The molecule has 0 aromatic carbocycles. The highest BCUT2D eigenvalue weighted by molar-refractivity contribution is 5.73. The van der Waals surface area contributed by atoms with Gasteiger partial charge in [-0.25, -0.2) is 4.79 Å². The molecule has 92 valence electrons. The summed E-state index contributed by atoms with van der Waals surface area (Å²) in [5.74, 6) is 0. The van der Waals surface area contributed by atoms with E-state index in [0.29, 0.717) is 12.9 Å². The third-order valence-corrected chi connectivity index (χ3v) is 2.20. The number of hydrogen-bond donors (Lipinski definition) is 1. The van der Waals surface area contributed by atoms with E-state index in [9.17, 15) is 9.59 Å². The fourth-order valence-electron chi connectivity index (χ4n) is 1.54. The average Bonchev–Trinajstić information content (AvgIpc) is 2.63. The van der Waals surface area contributed by atoms with Gasteiger partial charge in [0, 0.05) is 6.61 Å². The van der Waals surface area contributed by atoms with Crippen molar-refractivity contribution in [2.45, 2.75) is 51.4 Å². The molecular formula is C11H19NO4. The van der Waals surface area contributed by atoms with Gasteiger partial charge < -0.3 is 19.6 Å². The first-order valence-corrected chi connectivity index (χ1v) is 5.49. The average molecular weight is 229 g/mol. The maximum absolute atomic E-state index is 11.4. The van der Waals surface area contributed by atoms with Gasteiger partial charge in [0.05, 0.1) is 6.10 Å². The molecule has 0 saturated carbocycles. The Balaban J connectivity index is 2.43. The lowest BCUT2D eigenvalue weighted by Crippen LogP contribution is -2.46. The molecule has 0 bridgehead atoms. The summed E-state index contributed by atoms with van der Waals surface area (Å²) >= 11 is 0. The van der Waals surface area contributed by atoms with Crippen LogP contribution in [0.3, 0.4) is 0 Å². The third-order valence-electron chi connectivity index (χ3n) is 2.20. The van der Waals surface area contributed by atoms with E-state index in [0.717, 1.165) is 12.8 Å². The molecule has 2 atom stereocenters.